The summed E-state index contributed by atoms with van der Waals surface area (Å²) >= 11 is 1.52. The summed E-state index contributed by atoms with van der Waals surface area (Å²) < 4.78 is 10.6. The van der Waals surface area contributed by atoms with Crippen molar-refractivity contribution in [1.82, 2.24) is 10.3 Å². The lowest BCUT2D eigenvalue weighted by Gasteiger charge is -2.10. The van der Waals surface area contributed by atoms with E-state index in [-0.39, 0.29) is 12.5 Å². The van der Waals surface area contributed by atoms with Crippen LogP contribution in [0.5, 0.6) is 5.75 Å². The number of benzene rings is 1. The van der Waals surface area contributed by atoms with Crippen LogP contribution in [-0.2, 0) is 11.3 Å². The maximum absolute atomic E-state index is 11.7. The number of rotatable bonds is 6. The lowest BCUT2D eigenvalue weighted by molar-refractivity contribution is -0.123. The zero-order valence-corrected chi connectivity index (χ0v) is 13.0. The minimum atomic E-state index is -0.246. The Morgan fingerprint density at radius 1 is 1.39 bits per heavy atom. The van der Waals surface area contributed by atoms with Crippen LogP contribution in [0.3, 0.4) is 0 Å². The van der Waals surface area contributed by atoms with E-state index < -0.39 is 0 Å². The molecule has 0 unspecified atom stereocenters. The second-order valence-corrected chi connectivity index (χ2v) is 5.49. The molecule has 3 rings (SSSR count). The number of nitrogens with one attached hydrogen (secondary N) is 1. The van der Waals surface area contributed by atoms with E-state index in [2.05, 4.69) is 10.3 Å². The summed E-state index contributed by atoms with van der Waals surface area (Å²) in [5.74, 6) is 0.909. The number of aromatic nitrogens is 1. The number of carbonyl (C=O) groups is 1. The number of carbonyl (C=O) groups excluding carboxylic acids is 1. The zero-order valence-electron chi connectivity index (χ0n) is 12.2. The molecule has 0 aliphatic heterocycles. The van der Waals surface area contributed by atoms with Crippen LogP contribution in [0.4, 0.5) is 5.69 Å². The molecule has 2 aromatic heterocycles. The number of hydrogen-bond acceptors (Lipinski definition) is 6. The molecule has 6 nitrogen and oxygen atoms in total. The van der Waals surface area contributed by atoms with Crippen LogP contribution in [0.25, 0.3) is 11.3 Å². The smallest absolute Gasteiger partial charge is 0.258 e. The number of amides is 1. The highest BCUT2D eigenvalue weighted by Crippen LogP contribution is 2.28. The lowest BCUT2D eigenvalue weighted by Crippen LogP contribution is -2.28. The number of thiazole rings is 1. The molecule has 0 aliphatic rings. The number of nitrogens with two attached hydrogens (primary N) is 1. The molecule has 0 radical (unpaired) electrons. The van der Waals surface area contributed by atoms with Gasteiger partial charge in [-0.3, -0.25) is 4.79 Å². The van der Waals surface area contributed by atoms with Crippen LogP contribution in [0, 0.1) is 0 Å². The number of anilines is 1. The maximum atomic E-state index is 11.7. The highest BCUT2D eigenvalue weighted by Gasteiger charge is 2.08. The Kier molecular flexibility index (Phi) is 4.58. The van der Waals surface area contributed by atoms with Crippen LogP contribution >= 0.6 is 11.3 Å². The van der Waals surface area contributed by atoms with Crippen molar-refractivity contribution in [1.29, 1.82) is 0 Å². The van der Waals surface area contributed by atoms with E-state index in [4.69, 9.17) is 14.9 Å². The van der Waals surface area contributed by atoms with E-state index >= 15 is 0 Å². The van der Waals surface area contributed by atoms with Crippen molar-refractivity contribution in [3.63, 3.8) is 0 Å². The Labute approximate surface area is 136 Å². The number of ether oxygens (including phenoxy) is 1. The molecule has 0 bridgehead atoms. The number of nitrogen functional groups attached to an aromatic ring is 1. The van der Waals surface area contributed by atoms with Crippen LogP contribution < -0.4 is 15.8 Å². The topological polar surface area (TPSA) is 90.4 Å². The molecule has 0 fully saturated rings. The van der Waals surface area contributed by atoms with Gasteiger partial charge in [-0.15, -0.1) is 11.3 Å². The van der Waals surface area contributed by atoms with Gasteiger partial charge >= 0.3 is 0 Å². The van der Waals surface area contributed by atoms with Crippen molar-refractivity contribution in [2.24, 2.45) is 0 Å². The summed E-state index contributed by atoms with van der Waals surface area (Å²) in [5.41, 5.74) is 9.98. The molecule has 7 heteroatoms. The van der Waals surface area contributed by atoms with Crippen molar-refractivity contribution in [3.8, 4) is 17.0 Å². The standard InChI is InChI=1S/C16H15N3O3S/c17-13-6-11(14-9-23-10-19-14)3-4-15(13)22-8-16(20)18-7-12-2-1-5-21-12/h1-6,9-10H,7-8,17H2,(H,18,20). The molecule has 0 spiro atoms. The first-order valence-electron chi connectivity index (χ1n) is 6.92. The maximum Gasteiger partial charge on any atom is 0.258 e. The van der Waals surface area contributed by atoms with E-state index in [1.54, 1.807) is 36.0 Å². The summed E-state index contributed by atoms with van der Waals surface area (Å²) in [7, 11) is 0. The van der Waals surface area contributed by atoms with E-state index in [1.165, 1.54) is 11.3 Å². The summed E-state index contributed by atoms with van der Waals surface area (Å²) in [4.78, 5) is 16.0. The van der Waals surface area contributed by atoms with Crippen molar-refractivity contribution < 1.29 is 13.9 Å². The second-order valence-electron chi connectivity index (χ2n) is 4.77. The SMILES string of the molecule is Nc1cc(-c2cscn2)ccc1OCC(=O)NCc1ccco1. The van der Waals surface area contributed by atoms with Gasteiger partial charge < -0.3 is 20.2 Å². The minimum Gasteiger partial charge on any atom is -0.482 e. The average Bonchev–Trinajstić information content (AvgIpc) is 3.25. The molecule has 3 aromatic rings. The summed E-state index contributed by atoms with van der Waals surface area (Å²) in [6, 6.07) is 8.94. The van der Waals surface area contributed by atoms with Gasteiger partial charge in [0.15, 0.2) is 6.61 Å². The lowest BCUT2D eigenvalue weighted by atomic mass is 10.1. The van der Waals surface area contributed by atoms with Gasteiger partial charge in [0.2, 0.25) is 0 Å². The van der Waals surface area contributed by atoms with Gasteiger partial charge in [-0.2, -0.15) is 0 Å². The zero-order chi connectivity index (χ0) is 16.1. The van der Waals surface area contributed by atoms with E-state index in [0.29, 0.717) is 23.7 Å². The van der Waals surface area contributed by atoms with E-state index in [9.17, 15) is 4.79 Å². The fourth-order valence-electron chi connectivity index (χ4n) is 1.99. The van der Waals surface area contributed by atoms with Crippen LogP contribution in [-0.4, -0.2) is 17.5 Å². The second kappa shape index (κ2) is 6.97. The van der Waals surface area contributed by atoms with Gasteiger partial charge in [0.25, 0.3) is 5.91 Å². The van der Waals surface area contributed by atoms with Crippen LogP contribution in [0.2, 0.25) is 0 Å². The van der Waals surface area contributed by atoms with Crippen molar-refractivity contribution in [3.05, 3.63) is 53.2 Å². The van der Waals surface area contributed by atoms with Gasteiger partial charge in [0.1, 0.15) is 11.5 Å². The number of furan rings is 1. The fraction of sp³-hybridized carbons (Fsp3) is 0.125. The minimum absolute atomic E-state index is 0.110. The van der Waals surface area contributed by atoms with Gasteiger partial charge in [0.05, 0.1) is 29.7 Å². The predicted molar refractivity (Wildman–Crippen MR) is 88.0 cm³/mol. The molecular formula is C16H15N3O3S. The molecule has 0 aliphatic carbocycles. The molecule has 3 N–H and O–H groups in total. The largest absolute Gasteiger partial charge is 0.482 e. The highest BCUT2D eigenvalue weighted by atomic mass is 32.1. The van der Waals surface area contributed by atoms with Crippen LogP contribution in [0.1, 0.15) is 5.76 Å². The first-order chi connectivity index (χ1) is 11.2. The van der Waals surface area contributed by atoms with E-state index in [1.807, 2.05) is 11.4 Å². The molecule has 0 atom stereocenters. The highest BCUT2D eigenvalue weighted by molar-refractivity contribution is 7.07. The Balaban J connectivity index is 1.54. The molecule has 0 saturated carbocycles. The Bertz CT molecular complexity index is 770. The molecule has 2 heterocycles. The van der Waals surface area contributed by atoms with Crippen molar-refractivity contribution >= 4 is 22.9 Å². The molecule has 1 aromatic carbocycles. The van der Waals surface area contributed by atoms with Crippen molar-refractivity contribution in [2.75, 3.05) is 12.3 Å². The summed E-state index contributed by atoms with van der Waals surface area (Å²) in [5, 5.41) is 4.64. The molecule has 118 valence electrons. The predicted octanol–water partition coefficient (Wildman–Crippen LogP) is 2.68. The number of nitrogens with zero attached hydrogens (tertiary/aromatic N) is 1. The fourth-order valence-corrected chi connectivity index (χ4v) is 2.55. The third-order valence-electron chi connectivity index (χ3n) is 3.14. The van der Waals surface area contributed by atoms with Gasteiger partial charge in [-0.1, -0.05) is 0 Å². The first kappa shape index (κ1) is 15.1. The first-order valence-corrected chi connectivity index (χ1v) is 7.86. The molecular weight excluding hydrogens is 314 g/mol. The Hall–Kier alpha value is -2.80. The third kappa shape index (κ3) is 3.89. The summed E-state index contributed by atoms with van der Waals surface area (Å²) in [6.07, 6.45) is 1.56. The molecule has 23 heavy (non-hydrogen) atoms. The normalized spacial score (nSPS) is 10.4. The molecule has 1 amide bonds. The Morgan fingerprint density at radius 3 is 3.00 bits per heavy atom. The van der Waals surface area contributed by atoms with Gasteiger partial charge in [-0.05, 0) is 30.3 Å². The average molecular weight is 329 g/mol. The van der Waals surface area contributed by atoms with Gasteiger partial charge in [-0.25, -0.2) is 4.98 Å². The molecule has 0 saturated heterocycles. The van der Waals surface area contributed by atoms with Crippen LogP contribution in [0.15, 0.2) is 51.9 Å². The van der Waals surface area contributed by atoms with E-state index in [0.717, 1.165) is 11.3 Å². The third-order valence-corrected chi connectivity index (χ3v) is 3.72. The summed E-state index contributed by atoms with van der Waals surface area (Å²) in [6.45, 7) is 0.217. The quantitative estimate of drug-likeness (QED) is 0.679. The Morgan fingerprint density at radius 2 is 2.30 bits per heavy atom. The van der Waals surface area contributed by atoms with Gasteiger partial charge in [0, 0.05) is 10.9 Å². The number of hydrogen-bond donors (Lipinski definition) is 2. The van der Waals surface area contributed by atoms with Crippen molar-refractivity contribution in [2.45, 2.75) is 6.54 Å². The monoisotopic (exact) mass is 329 g/mol.